The standard InChI is InChI=1S/C24H17N7O/c1-32-17-8-15(11-26-13-17)16-9-20-22(30-31-24(20)28-12-16)21-10-19-18(4-7-27-23(19)29-21)14-2-5-25-6-3-14/h2-13H,1H3,(H,27,29)(H,28,30,31). The molecular weight excluding hydrogens is 402 g/mol. The maximum atomic E-state index is 5.31. The molecule has 0 atom stereocenters. The Labute approximate surface area is 182 Å². The van der Waals surface area contributed by atoms with Crippen LogP contribution in [0.5, 0.6) is 5.75 Å². The van der Waals surface area contributed by atoms with Gasteiger partial charge >= 0.3 is 0 Å². The van der Waals surface area contributed by atoms with Gasteiger partial charge in [0.1, 0.15) is 11.4 Å². The van der Waals surface area contributed by atoms with Gasteiger partial charge in [-0.3, -0.25) is 15.1 Å². The van der Waals surface area contributed by atoms with Crippen LogP contribution in [0.15, 0.2) is 73.6 Å². The zero-order valence-electron chi connectivity index (χ0n) is 17.1. The molecule has 6 aromatic heterocycles. The Hall–Kier alpha value is -4.59. The molecule has 154 valence electrons. The Morgan fingerprint density at radius 3 is 2.53 bits per heavy atom. The van der Waals surface area contributed by atoms with Crippen molar-refractivity contribution in [2.45, 2.75) is 0 Å². The molecule has 0 saturated carbocycles. The number of aromatic nitrogens is 7. The van der Waals surface area contributed by atoms with E-state index in [-0.39, 0.29) is 0 Å². The van der Waals surface area contributed by atoms with Gasteiger partial charge in [-0.1, -0.05) is 0 Å². The summed E-state index contributed by atoms with van der Waals surface area (Å²) in [6.45, 7) is 0. The molecule has 6 aromatic rings. The molecule has 0 saturated heterocycles. The molecule has 6 rings (SSSR count). The predicted molar refractivity (Wildman–Crippen MR) is 122 cm³/mol. The largest absolute Gasteiger partial charge is 0.495 e. The van der Waals surface area contributed by atoms with E-state index >= 15 is 0 Å². The van der Waals surface area contributed by atoms with Crippen molar-refractivity contribution in [1.82, 2.24) is 35.1 Å². The van der Waals surface area contributed by atoms with Crippen LogP contribution in [0.1, 0.15) is 0 Å². The highest BCUT2D eigenvalue weighted by molar-refractivity contribution is 5.99. The van der Waals surface area contributed by atoms with Gasteiger partial charge in [0.15, 0.2) is 5.65 Å². The molecular formula is C24H17N7O. The fraction of sp³-hybridized carbons (Fsp3) is 0.0417. The highest BCUT2D eigenvalue weighted by atomic mass is 16.5. The number of hydrogen-bond acceptors (Lipinski definition) is 6. The molecule has 0 unspecified atom stereocenters. The fourth-order valence-corrected chi connectivity index (χ4v) is 3.90. The third-order valence-electron chi connectivity index (χ3n) is 5.48. The lowest BCUT2D eigenvalue weighted by Gasteiger charge is -2.04. The van der Waals surface area contributed by atoms with Crippen LogP contribution in [-0.4, -0.2) is 42.2 Å². The second-order valence-electron chi connectivity index (χ2n) is 7.35. The molecule has 0 aliphatic carbocycles. The maximum absolute atomic E-state index is 5.31. The summed E-state index contributed by atoms with van der Waals surface area (Å²) >= 11 is 0. The first kappa shape index (κ1) is 18.2. The van der Waals surface area contributed by atoms with E-state index < -0.39 is 0 Å². The molecule has 6 heterocycles. The summed E-state index contributed by atoms with van der Waals surface area (Å²) in [6, 6.07) is 12.1. The van der Waals surface area contributed by atoms with E-state index in [0.717, 1.165) is 50.1 Å². The Balaban J connectivity index is 1.50. The molecule has 0 amide bonds. The Morgan fingerprint density at radius 2 is 1.66 bits per heavy atom. The summed E-state index contributed by atoms with van der Waals surface area (Å²) in [5.41, 5.74) is 7.20. The molecule has 32 heavy (non-hydrogen) atoms. The van der Waals surface area contributed by atoms with Crippen LogP contribution in [0.2, 0.25) is 0 Å². The SMILES string of the molecule is COc1cncc(-c2cnc3n[nH]c(-c4cc5c(-c6ccncc6)ccnc5[nH]4)c3c2)c1. The van der Waals surface area contributed by atoms with Crippen molar-refractivity contribution < 1.29 is 4.74 Å². The van der Waals surface area contributed by atoms with Crippen LogP contribution in [0.4, 0.5) is 0 Å². The quantitative estimate of drug-likeness (QED) is 0.431. The van der Waals surface area contributed by atoms with Gasteiger partial charge in [-0.05, 0) is 47.5 Å². The lowest BCUT2D eigenvalue weighted by Crippen LogP contribution is -1.87. The van der Waals surface area contributed by atoms with E-state index in [2.05, 4.69) is 47.2 Å². The highest BCUT2D eigenvalue weighted by Crippen LogP contribution is 2.34. The van der Waals surface area contributed by atoms with Crippen molar-refractivity contribution in [2.24, 2.45) is 0 Å². The average molecular weight is 419 g/mol. The fourth-order valence-electron chi connectivity index (χ4n) is 3.90. The van der Waals surface area contributed by atoms with Crippen molar-refractivity contribution in [3.05, 3.63) is 73.6 Å². The van der Waals surface area contributed by atoms with Crippen molar-refractivity contribution in [2.75, 3.05) is 7.11 Å². The van der Waals surface area contributed by atoms with Crippen LogP contribution < -0.4 is 4.74 Å². The average Bonchev–Trinajstić information content (AvgIpc) is 3.48. The number of aromatic amines is 2. The smallest absolute Gasteiger partial charge is 0.181 e. The Bertz CT molecular complexity index is 1570. The van der Waals surface area contributed by atoms with E-state index in [4.69, 9.17) is 4.74 Å². The minimum atomic E-state index is 0.639. The number of methoxy groups -OCH3 is 1. The zero-order chi connectivity index (χ0) is 21.5. The molecule has 0 bridgehead atoms. The monoisotopic (exact) mass is 419 g/mol. The summed E-state index contributed by atoms with van der Waals surface area (Å²) < 4.78 is 5.31. The summed E-state index contributed by atoms with van der Waals surface area (Å²) in [6.07, 6.45) is 10.6. The van der Waals surface area contributed by atoms with E-state index in [9.17, 15) is 0 Å². The van der Waals surface area contributed by atoms with Crippen molar-refractivity contribution in [3.63, 3.8) is 0 Å². The molecule has 2 N–H and O–H groups in total. The van der Waals surface area contributed by atoms with E-state index in [1.54, 1.807) is 44.3 Å². The van der Waals surface area contributed by atoms with Crippen LogP contribution in [-0.2, 0) is 0 Å². The Morgan fingerprint density at radius 1 is 0.781 bits per heavy atom. The maximum Gasteiger partial charge on any atom is 0.181 e. The minimum absolute atomic E-state index is 0.639. The molecule has 0 radical (unpaired) electrons. The van der Waals surface area contributed by atoms with Gasteiger partial charge in [-0.2, -0.15) is 5.10 Å². The minimum Gasteiger partial charge on any atom is -0.495 e. The molecule has 0 aliphatic heterocycles. The second kappa shape index (κ2) is 7.28. The first-order chi connectivity index (χ1) is 15.8. The molecule has 0 aliphatic rings. The second-order valence-corrected chi connectivity index (χ2v) is 7.35. The van der Waals surface area contributed by atoms with Crippen molar-refractivity contribution >= 4 is 22.1 Å². The molecule has 0 spiro atoms. The van der Waals surface area contributed by atoms with Crippen LogP contribution in [0, 0.1) is 0 Å². The number of hydrogen-bond donors (Lipinski definition) is 2. The molecule has 8 nitrogen and oxygen atoms in total. The van der Waals surface area contributed by atoms with Crippen molar-refractivity contribution in [1.29, 1.82) is 0 Å². The van der Waals surface area contributed by atoms with E-state index in [1.807, 2.05) is 24.3 Å². The van der Waals surface area contributed by atoms with Gasteiger partial charge in [-0.25, -0.2) is 9.97 Å². The summed E-state index contributed by atoms with van der Waals surface area (Å²) in [4.78, 5) is 20.8. The molecule has 8 heteroatoms. The number of nitrogens with zero attached hydrogens (tertiary/aromatic N) is 5. The van der Waals surface area contributed by atoms with E-state index in [1.165, 1.54) is 0 Å². The zero-order valence-corrected chi connectivity index (χ0v) is 17.1. The third kappa shape index (κ3) is 2.97. The van der Waals surface area contributed by atoms with Gasteiger partial charge in [0, 0.05) is 52.9 Å². The van der Waals surface area contributed by atoms with E-state index in [0.29, 0.717) is 11.4 Å². The summed E-state index contributed by atoms with van der Waals surface area (Å²) in [5, 5.41) is 9.45. The number of H-pyrrole nitrogens is 2. The number of fused-ring (bicyclic) bond motifs is 2. The number of pyridine rings is 4. The van der Waals surface area contributed by atoms with Crippen LogP contribution in [0.25, 0.3) is 55.7 Å². The van der Waals surface area contributed by atoms with Gasteiger partial charge in [0.05, 0.1) is 24.7 Å². The molecule has 0 aromatic carbocycles. The summed E-state index contributed by atoms with van der Waals surface area (Å²) in [5.74, 6) is 0.695. The highest BCUT2D eigenvalue weighted by Gasteiger charge is 2.15. The van der Waals surface area contributed by atoms with Gasteiger partial charge < -0.3 is 9.72 Å². The lowest BCUT2D eigenvalue weighted by atomic mass is 10.0. The lowest BCUT2D eigenvalue weighted by molar-refractivity contribution is 0.413. The van der Waals surface area contributed by atoms with Gasteiger partial charge in [-0.15, -0.1) is 0 Å². The first-order valence-electron chi connectivity index (χ1n) is 10.0. The van der Waals surface area contributed by atoms with Crippen molar-refractivity contribution in [3.8, 4) is 39.4 Å². The normalized spacial score (nSPS) is 11.3. The number of rotatable bonds is 4. The Kier molecular flexibility index (Phi) is 4.14. The van der Waals surface area contributed by atoms with Gasteiger partial charge in [0.2, 0.25) is 0 Å². The van der Waals surface area contributed by atoms with Crippen LogP contribution in [0.3, 0.4) is 0 Å². The van der Waals surface area contributed by atoms with Crippen LogP contribution >= 0.6 is 0 Å². The van der Waals surface area contributed by atoms with Gasteiger partial charge in [0.25, 0.3) is 0 Å². The molecule has 0 fully saturated rings. The number of ether oxygens (including phenoxy) is 1. The first-order valence-corrected chi connectivity index (χ1v) is 10.0. The summed E-state index contributed by atoms with van der Waals surface area (Å²) in [7, 11) is 1.63. The third-order valence-corrected chi connectivity index (χ3v) is 5.48. The predicted octanol–water partition coefficient (Wildman–Crippen LogP) is 4.63. The topological polar surface area (TPSA) is 105 Å². The number of nitrogens with one attached hydrogen (secondary N) is 2.